The molecule has 0 amide bonds. The number of ketones is 1. The quantitative estimate of drug-likeness (QED) is 0.529. The number of Topliss-reactive ketones (excluding diaryl/α,β-unsaturated/α-hetero) is 1. The third-order valence-electron chi connectivity index (χ3n) is 3.03. The lowest BCUT2D eigenvalue weighted by Gasteiger charge is -2.18. The predicted molar refractivity (Wildman–Crippen MR) is 78.4 cm³/mol. The highest BCUT2D eigenvalue weighted by molar-refractivity contribution is 5.99. The van der Waals surface area contributed by atoms with Gasteiger partial charge in [0.2, 0.25) is 0 Å². The minimum absolute atomic E-state index is 0.156. The molecule has 2 rings (SSSR count). The Kier molecular flexibility index (Phi) is 5.92. The molecule has 0 aliphatic rings. The molecule has 0 heterocycles. The van der Waals surface area contributed by atoms with E-state index < -0.39 is 30.7 Å². The van der Waals surface area contributed by atoms with Gasteiger partial charge in [0.25, 0.3) is 0 Å². The third-order valence-corrected chi connectivity index (χ3v) is 3.03. The van der Waals surface area contributed by atoms with Crippen molar-refractivity contribution in [2.24, 2.45) is 0 Å². The van der Waals surface area contributed by atoms with Gasteiger partial charge in [0, 0.05) is 0 Å². The molecule has 0 aliphatic carbocycles. The van der Waals surface area contributed by atoms with Crippen LogP contribution in [0.5, 0.6) is 5.75 Å². The predicted octanol–water partition coefficient (Wildman–Crippen LogP) is 4.32. The summed E-state index contributed by atoms with van der Waals surface area (Å²) in [6, 6.07) is 14.0. The van der Waals surface area contributed by atoms with Crippen molar-refractivity contribution in [2.45, 2.75) is 19.1 Å². The number of ether oxygens (including phenoxy) is 2. The summed E-state index contributed by atoms with van der Waals surface area (Å²) in [6.45, 7) is -0.238. The van der Waals surface area contributed by atoms with Crippen LogP contribution in [0.25, 0.3) is 0 Å². The molecule has 0 radical (unpaired) electrons. The van der Waals surface area contributed by atoms with Crippen molar-refractivity contribution in [3.05, 3.63) is 65.7 Å². The van der Waals surface area contributed by atoms with E-state index in [4.69, 9.17) is 4.74 Å². The zero-order valence-corrected chi connectivity index (χ0v) is 12.4. The van der Waals surface area contributed by atoms with Gasteiger partial charge in [0.15, 0.2) is 5.78 Å². The first-order valence-electron chi connectivity index (χ1n) is 6.99. The lowest BCUT2D eigenvalue weighted by Crippen LogP contribution is -2.34. The molecule has 0 aliphatic heterocycles. The van der Waals surface area contributed by atoms with E-state index in [1.807, 2.05) is 6.07 Å². The van der Waals surface area contributed by atoms with Gasteiger partial charge in [0.1, 0.15) is 12.4 Å². The lowest BCUT2D eigenvalue weighted by atomic mass is 10.1. The molecule has 0 N–H and O–H groups in total. The van der Waals surface area contributed by atoms with Crippen molar-refractivity contribution < 1.29 is 31.8 Å². The fourth-order valence-electron chi connectivity index (χ4n) is 1.89. The molecule has 24 heavy (non-hydrogen) atoms. The zero-order chi connectivity index (χ0) is 17.6. The highest BCUT2D eigenvalue weighted by Crippen LogP contribution is 2.30. The summed E-state index contributed by atoms with van der Waals surface area (Å²) in [5.74, 6) is -1.26. The fourth-order valence-corrected chi connectivity index (χ4v) is 1.89. The smallest absolute Gasteiger partial charge is 0.428 e. The summed E-state index contributed by atoms with van der Waals surface area (Å²) in [7, 11) is 0. The number of hydrogen-bond donors (Lipinski definition) is 0. The number of carbonyl (C=O) groups excluding carboxylic acids is 1. The van der Waals surface area contributed by atoms with Gasteiger partial charge in [-0.05, 0) is 17.7 Å². The van der Waals surface area contributed by atoms with E-state index in [0.717, 1.165) is 11.6 Å². The average Bonchev–Trinajstić information content (AvgIpc) is 2.55. The minimum atomic E-state index is -4.68. The lowest BCUT2D eigenvalue weighted by molar-refractivity contribution is -0.253. The summed E-state index contributed by atoms with van der Waals surface area (Å²) < 4.78 is 59.8. The maximum absolute atomic E-state index is 13.0. The monoisotopic (exact) mass is 342 g/mol. The summed E-state index contributed by atoms with van der Waals surface area (Å²) in [5.41, 5.74) is 0.588. The topological polar surface area (TPSA) is 35.5 Å². The first-order chi connectivity index (χ1) is 11.4. The van der Waals surface area contributed by atoms with Crippen molar-refractivity contribution in [1.29, 1.82) is 0 Å². The number of rotatable bonds is 8. The molecule has 0 saturated heterocycles. The summed E-state index contributed by atoms with van der Waals surface area (Å²) in [4.78, 5) is 12.1. The van der Waals surface area contributed by atoms with E-state index in [1.54, 1.807) is 24.3 Å². The Morgan fingerprint density at radius 1 is 1.00 bits per heavy atom. The van der Waals surface area contributed by atoms with Crippen LogP contribution in [0, 0.1) is 0 Å². The van der Waals surface area contributed by atoms with E-state index in [2.05, 4.69) is 4.74 Å². The SMILES string of the molecule is O=C(COCc1ccccc1)c1ccccc1OC(F)(F)C(F)F. The maximum Gasteiger partial charge on any atom is 0.461 e. The molecule has 7 heteroatoms. The first-order valence-corrected chi connectivity index (χ1v) is 6.99. The van der Waals surface area contributed by atoms with E-state index in [0.29, 0.717) is 0 Å². The number of para-hydroxylation sites is 1. The Bertz CT molecular complexity index is 675. The van der Waals surface area contributed by atoms with Crippen molar-refractivity contribution in [3.63, 3.8) is 0 Å². The van der Waals surface area contributed by atoms with Gasteiger partial charge in [-0.2, -0.15) is 17.6 Å². The zero-order valence-electron chi connectivity index (χ0n) is 12.4. The van der Waals surface area contributed by atoms with Crippen LogP contribution in [-0.4, -0.2) is 24.9 Å². The van der Waals surface area contributed by atoms with Crippen molar-refractivity contribution in [1.82, 2.24) is 0 Å². The molecule has 0 spiro atoms. The molecule has 0 bridgehead atoms. The first kappa shape index (κ1) is 17.9. The van der Waals surface area contributed by atoms with Crippen molar-refractivity contribution in [3.8, 4) is 5.75 Å². The molecule has 0 saturated carbocycles. The van der Waals surface area contributed by atoms with Gasteiger partial charge >= 0.3 is 12.5 Å². The summed E-state index contributed by atoms with van der Waals surface area (Å²) in [5, 5.41) is 0. The molecule has 2 aromatic carbocycles. The van der Waals surface area contributed by atoms with Gasteiger partial charge in [-0.3, -0.25) is 4.79 Å². The van der Waals surface area contributed by atoms with Gasteiger partial charge in [-0.15, -0.1) is 0 Å². The number of alkyl halides is 4. The van der Waals surface area contributed by atoms with E-state index in [-0.39, 0.29) is 12.2 Å². The molecule has 128 valence electrons. The molecule has 3 nitrogen and oxygen atoms in total. The number of hydrogen-bond acceptors (Lipinski definition) is 3. The Morgan fingerprint density at radius 3 is 2.29 bits per heavy atom. The molecular formula is C17H14F4O3. The number of halogens is 4. The highest BCUT2D eigenvalue weighted by Gasteiger charge is 2.44. The molecule has 0 aromatic heterocycles. The van der Waals surface area contributed by atoms with E-state index in [9.17, 15) is 22.4 Å². The second-order valence-electron chi connectivity index (χ2n) is 4.86. The second kappa shape index (κ2) is 7.92. The van der Waals surface area contributed by atoms with Gasteiger partial charge in [-0.25, -0.2) is 0 Å². The standard InChI is InChI=1S/C17H14F4O3/c18-16(19)17(20,21)24-15-9-5-4-8-13(15)14(22)11-23-10-12-6-2-1-3-7-12/h1-9,16H,10-11H2. The molecule has 0 unspecified atom stereocenters. The largest absolute Gasteiger partial charge is 0.461 e. The van der Waals surface area contributed by atoms with Gasteiger partial charge in [-0.1, -0.05) is 42.5 Å². The Labute approximate surface area is 135 Å². The molecular weight excluding hydrogens is 328 g/mol. The maximum atomic E-state index is 13.0. The summed E-state index contributed by atoms with van der Waals surface area (Å²) >= 11 is 0. The minimum Gasteiger partial charge on any atom is -0.428 e. The van der Waals surface area contributed by atoms with E-state index >= 15 is 0 Å². The summed E-state index contributed by atoms with van der Waals surface area (Å²) in [6.07, 6.45) is -8.68. The van der Waals surface area contributed by atoms with Crippen LogP contribution in [0.3, 0.4) is 0 Å². The van der Waals surface area contributed by atoms with E-state index in [1.165, 1.54) is 18.2 Å². The second-order valence-corrected chi connectivity index (χ2v) is 4.86. The van der Waals surface area contributed by atoms with Crippen LogP contribution >= 0.6 is 0 Å². The highest BCUT2D eigenvalue weighted by atomic mass is 19.3. The Morgan fingerprint density at radius 2 is 1.62 bits per heavy atom. The van der Waals surface area contributed by atoms with Crippen LogP contribution in [0.15, 0.2) is 54.6 Å². The fraction of sp³-hybridized carbons (Fsp3) is 0.235. The van der Waals surface area contributed by atoms with Crippen LogP contribution in [-0.2, 0) is 11.3 Å². The van der Waals surface area contributed by atoms with Crippen LogP contribution in [0.4, 0.5) is 17.6 Å². The van der Waals surface area contributed by atoms with Crippen LogP contribution in [0.2, 0.25) is 0 Å². The number of carbonyl (C=O) groups is 1. The average molecular weight is 342 g/mol. The van der Waals surface area contributed by atoms with Crippen LogP contribution in [0.1, 0.15) is 15.9 Å². The van der Waals surface area contributed by atoms with Crippen LogP contribution < -0.4 is 4.74 Å². The molecule has 0 atom stereocenters. The molecule has 2 aromatic rings. The van der Waals surface area contributed by atoms with Crippen molar-refractivity contribution in [2.75, 3.05) is 6.61 Å². The third kappa shape index (κ3) is 4.79. The normalized spacial score (nSPS) is 11.5. The molecule has 0 fully saturated rings. The van der Waals surface area contributed by atoms with Crippen molar-refractivity contribution >= 4 is 5.78 Å². The van der Waals surface area contributed by atoms with Gasteiger partial charge in [0.05, 0.1) is 12.2 Å². The Hall–Kier alpha value is -2.41. The number of benzene rings is 2. The van der Waals surface area contributed by atoms with Gasteiger partial charge < -0.3 is 9.47 Å². The Balaban J connectivity index is 2.01.